The number of hydrogen-bond acceptors (Lipinski definition) is 4. The summed E-state index contributed by atoms with van der Waals surface area (Å²) in [5.41, 5.74) is 1.05. The number of esters is 1. The number of nitrogens with zero attached hydrogens (tertiary/aromatic N) is 1. The van der Waals surface area contributed by atoms with Gasteiger partial charge in [0.25, 0.3) is 0 Å². The van der Waals surface area contributed by atoms with Crippen molar-refractivity contribution in [2.24, 2.45) is 23.7 Å². The van der Waals surface area contributed by atoms with E-state index in [1.165, 1.54) is 11.3 Å². The fourth-order valence-electron chi connectivity index (χ4n) is 5.81. The van der Waals surface area contributed by atoms with Gasteiger partial charge in [0.2, 0.25) is 11.8 Å². The molecular formula is C22H25NO4. The molecule has 2 bridgehead atoms. The number of fused-ring (bicyclic) bond motifs is 5. The van der Waals surface area contributed by atoms with Gasteiger partial charge in [0.05, 0.1) is 23.1 Å². The maximum absolute atomic E-state index is 12.9. The summed E-state index contributed by atoms with van der Waals surface area (Å²) in [6.45, 7) is 0. The minimum atomic E-state index is -0.317. The van der Waals surface area contributed by atoms with E-state index in [0.717, 1.165) is 44.9 Å². The molecule has 1 aromatic rings. The molecule has 3 saturated carbocycles. The Morgan fingerprint density at radius 2 is 1.44 bits per heavy atom. The summed E-state index contributed by atoms with van der Waals surface area (Å²) in [6.07, 6.45) is 8.51. The first kappa shape index (κ1) is 17.0. The Morgan fingerprint density at radius 1 is 0.852 bits per heavy atom. The predicted molar refractivity (Wildman–Crippen MR) is 99.0 cm³/mol. The lowest BCUT2D eigenvalue weighted by Crippen LogP contribution is -2.32. The van der Waals surface area contributed by atoms with Crippen LogP contribution >= 0.6 is 0 Å². The topological polar surface area (TPSA) is 63.7 Å². The van der Waals surface area contributed by atoms with Gasteiger partial charge in [-0.1, -0.05) is 6.42 Å². The molecule has 0 spiro atoms. The third-order valence-corrected chi connectivity index (χ3v) is 7.11. The average Bonchev–Trinajstić information content (AvgIpc) is 3.37. The Balaban J connectivity index is 1.31. The number of carbonyl (C=O) groups is 3. The molecule has 27 heavy (non-hydrogen) atoms. The number of ether oxygens (including phenoxy) is 1. The highest BCUT2D eigenvalue weighted by molar-refractivity contribution is 6.22. The Labute approximate surface area is 159 Å². The molecule has 5 nitrogen and oxygen atoms in total. The first-order valence-corrected chi connectivity index (χ1v) is 10.3. The van der Waals surface area contributed by atoms with Gasteiger partial charge in [-0.05, 0) is 81.0 Å². The van der Waals surface area contributed by atoms with Crippen molar-refractivity contribution in [3.63, 3.8) is 0 Å². The fourth-order valence-corrected chi connectivity index (χ4v) is 5.81. The van der Waals surface area contributed by atoms with Gasteiger partial charge in [-0.25, -0.2) is 4.79 Å². The molecule has 0 N–H and O–H groups in total. The standard InChI is InChI=1S/C22H25NO4/c24-20-18-14-6-7-15(12-14)19(18)21(25)23(20)16-10-8-13(9-11-16)22(26)27-17-4-2-1-3-5-17/h8-11,14-15,17-19H,1-7,12H2/t14-,15-,18-,19+/m0/s1. The summed E-state index contributed by atoms with van der Waals surface area (Å²) < 4.78 is 5.60. The molecule has 0 radical (unpaired) electrons. The van der Waals surface area contributed by atoms with E-state index in [2.05, 4.69) is 0 Å². The molecule has 4 aliphatic rings. The second-order valence-electron chi connectivity index (χ2n) is 8.61. The number of benzene rings is 1. The molecule has 5 heteroatoms. The molecule has 2 amide bonds. The Bertz CT molecular complexity index is 752. The lowest BCUT2D eigenvalue weighted by Gasteiger charge is -2.22. The van der Waals surface area contributed by atoms with Crippen molar-refractivity contribution in [2.75, 3.05) is 4.90 Å². The maximum atomic E-state index is 12.9. The Hall–Kier alpha value is -2.17. The number of hydrogen-bond donors (Lipinski definition) is 0. The molecule has 1 aromatic carbocycles. The summed E-state index contributed by atoms with van der Waals surface area (Å²) in [7, 11) is 0. The highest BCUT2D eigenvalue weighted by atomic mass is 16.5. The second-order valence-corrected chi connectivity index (χ2v) is 8.61. The predicted octanol–water partition coefficient (Wildman–Crippen LogP) is 3.71. The van der Waals surface area contributed by atoms with Crippen LogP contribution in [0.15, 0.2) is 24.3 Å². The van der Waals surface area contributed by atoms with Crippen LogP contribution < -0.4 is 4.90 Å². The highest BCUT2D eigenvalue weighted by Gasteiger charge is 2.61. The number of imide groups is 1. The molecule has 142 valence electrons. The van der Waals surface area contributed by atoms with Crippen LogP contribution in [0.3, 0.4) is 0 Å². The largest absolute Gasteiger partial charge is 0.459 e. The lowest BCUT2D eigenvalue weighted by atomic mass is 9.81. The zero-order valence-corrected chi connectivity index (χ0v) is 15.4. The van der Waals surface area contributed by atoms with Crippen molar-refractivity contribution in [1.29, 1.82) is 0 Å². The lowest BCUT2D eigenvalue weighted by molar-refractivity contribution is -0.123. The van der Waals surface area contributed by atoms with Gasteiger partial charge >= 0.3 is 5.97 Å². The van der Waals surface area contributed by atoms with E-state index in [1.807, 2.05) is 0 Å². The van der Waals surface area contributed by atoms with Crippen molar-refractivity contribution < 1.29 is 19.1 Å². The Kier molecular flexibility index (Phi) is 4.06. The van der Waals surface area contributed by atoms with E-state index in [0.29, 0.717) is 23.1 Å². The molecule has 3 aliphatic carbocycles. The summed E-state index contributed by atoms with van der Waals surface area (Å²) in [4.78, 5) is 39.5. The van der Waals surface area contributed by atoms with Gasteiger partial charge in [-0.15, -0.1) is 0 Å². The van der Waals surface area contributed by atoms with Crippen LogP contribution in [0.5, 0.6) is 0 Å². The molecule has 1 aliphatic heterocycles. The van der Waals surface area contributed by atoms with Crippen LogP contribution in [-0.2, 0) is 14.3 Å². The van der Waals surface area contributed by atoms with Gasteiger partial charge in [-0.2, -0.15) is 0 Å². The summed E-state index contributed by atoms with van der Waals surface area (Å²) in [5.74, 6) is 0.115. The van der Waals surface area contributed by atoms with Crippen LogP contribution in [0.25, 0.3) is 0 Å². The van der Waals surface area contributed by atoms with E-state index in [1.54, 1.807) is 24.3 Å². The van der Waals surface area contributed by atoms with Gasteiger partial charge in [-0.3, -0.25) is 14.5 Å². The number of carbonyl (C=O) groups excluding carboxylic acids is 3. The fraction of sp³-hybridized carbons (Fsp3) is 0.591. The van der Waals surface area contributed by atoms with Crippen LogP contribution in [0.2, 0.25) is 0 Å². The van der Waals surface area contributed by atoms with Crippen molar-refractivity contribution in [3.8, 4) is 0 Å². The van der Waals surface area contributed by atoms with E-state index in [4.69, 9.17) is 4.74 Å². The van der Waals surface area contributed by atoms with E-state index < -0.39 is 0 Å². The first-order chi connectivity index (χ1) is 13.1. The summed E-state index contributed by atoms with van der Waals surface area (Å²) >= 11 is 0. The van der Waals surface area contributed by atoms with Crippen molar-refractivity contribution in [2.45, 2.75) is 57.5 Å². The van der Waals surface area contributed by atoms with Gasteiger partial charge < -0.3 is 4.74 Å². The molecule has 5 rings (SSSR count). The minimum absolute atomic E-state index is 0.0162. The van der Waals surface area contributed by atoms with Crippen molar-refractivity contribution in [3.05, 3.63) is 29.8 Å². The number of amides is 2. The molecule has 1 heterocycles. The average molecular weight is 367 g/mol. The monoisotopic (exact) mass is 367 g/mol. The molecule has 0 unspecified atom stereocenters. The second kappa shape index (κ2) is 6.47. The van der Waals surface area contributed by atoms with Crippen LogP contribution in [0.4, 0.5) is 5.69 Å². The number of rotatable bonds is 3. The first-order valence-electron chi connectivity index (χ1n) is 10.3. The van der Waals surface area contributed by atoms with Gasteiger partial charge in [0.15, 0.2) is 0 Å². The Morgan fingerprint density at radius 3 is 2.04 bits per heavy atom. The van der Waals surface area contributed by atoms with Gasteiger partial charge in [0.1, 0.15) is 6.10 Å². The summed E-state index contributed by atoms with van der Waals surface area (Å²) in [5, 5.41) is 0. The zero-order valence-electron chi connectivity index (χ0n) is 15.4. The van der Waals surface area contributed by atoms with E-state index >= 15 is 0 Å². The molecule has 1 saturated heterocycles. The number of anilines is 1. The molecule has 4 atom stereocenters. The van der Waals surface area contributed by atoms with E-state index in [-0.39, 0.29) is 35.7 Å². The van der Waals surface area contributed by atoms with Gasteiger partial charge in [0, 0.05) is 0 Å². The van der Waals surface area contributed by atoms with Crippen LogP contribution in [0.1, 0.15) is 61.7 Å². The SMILES string of the molecule is O=C(OC1CCCCC1)c1ccc(N2C(=O)[C@@H]3[C@H]4CC[C@@H](C4)[C@@H]3C2=O)cc1. The van der Waals surface area contributed by atoms with Crippen molar-refractivity contribution in [1.82, 2.24) is 0 Å². The van der Waals surface area contributed by atoms with Crippen LogP contribution in [-0.4, -0.2) is 23.9 Å². The van der Waals surface area contributed by atoms with Crippen LogP contribution in [0, 0.1) is 23.7 Å². The minimum Gasteiger partial charge on any atom is -0.459 e. The third-order valence-electron chi connectivity index (χ3n) is 7.11. The normalized spacial score (nSPS) is 32.8. The highest BCUT2D eigenvalue weighted by Crippen LogP contribution is 2.56. The maximum Gasteiger partial charge on any atom is 0.338 e. The molecule has 0 aromatic heterocycles. The molecule has 4 fully saturated rings. The molecular weight excluding hydrogens is 342 g/mol. The van der Waals surface area contributed by atoms with Crippen molar-refractivity contribution >= 4 is 23.5 Å². The van der Waals surface area contributed by atoms with E-state index in [9.17, 15) is 14.4 Å². The summed E-state index contributed by atoms with van der Waals surface area (Å²) in [6, 6.07) is 6.75. The quantitative estimate of drug-likeness (QED) is 0.603. The smallest absolute Gasteiger partial charge is 0.338 e. The third kappa shape index (κ3) is 2.70. The zero-order chi connectivity index (χ0) is 18.5.